The van der Waals surface area contributed by atoms with Crippen molar-refractivity contribution in [1.29, 1.82) is 0 Å². The van der Waals surface area contributed by atoms with Gasteiger partial charge < -0.3 is 10.2 Å². The Labute approximate surface area is 167 Å². The first-order valence-corrected chi connectivity index (χ1v) is 10.5. The van der Waals surface area contributed by atoms with Crippen LogP contribution in [0.4, 0.5) is 11.4 Å². The number of amides is 2. The predicted octanol–water partition coefficient (Wildman–Crippen LogP) is 2.29. The normalized spacial score (nSPS) is 16.0. The molecule has 0 radical (unpaired) electrons. The molecule has 8 heteroatoms. The number of anilines is 2. The minimum Gasteiger partial charge on any atom is -0.324 e. The van der Waals surface area contributed by atoms with Crippen LogP contribution in [0.1, 0.15) is 25.3 Å². The van der Waals surface area contributed by atoms with Gasteiger partial charge in [0.15, 0.2) is 0 Å². The monoisotopic (exact) mass is 398 g/mol. The van der Waals surface area contributed by atoms with Crippen LogP contribution >= 0.6 is 11.8 Å². The summed E-state index contributed by atoms with van der Waals surface area (Å²) >= 11 is 1.33. The summed E-state index contributed by atoms with van der Waals surface area (Å²) in [5.41, 5.74) is 1.78. The van der Waals surface area contributed by atoms with Crippen LogP contribution in [0.25, 0.3) is 0 Å². The van der Waals surface area contributed by atoms with Crippen molar-refractivity contribution >= 4 is 35.0 Å². The summed E-state index contributed by atoms with van der Waals surface area (Å²) in [7, 11) is 0. The smallest absolute Gasteiger partial charge is 0.292 e. The molecule has 1 aliphatic heterocycles. The average Bonchev–Trinajstić information content (AvgIpc) is 3.50. The van der Waals surface area contributed by atoms with Crippen molar-refractivity contribution < 1.29 is 9.59 Å². The van der Waals surface area contributed by atoms with Crippen LogP contribution in [-0.2, 0) is 22.6 Å². The number of carbonyl (C=O) groups is 2. The molecule has 2 aromatic rings. The molecule has 0 spiro atoms. The molecule has 28 heavy (non-hydrogen) atoms. The summed E-state index contributed by atoms with van der Waals surface area (Å²) in [6.45, 7) is 2.42. The molecule has 1 fully saturated rings. The quantitative estimate of drug-likeness (QED) is 0.807. The molecule has 0 saturated heterocycles. The van der Waals surface area contributed by atoms with Crippen LogP contribution in [0.2, 0.25) is 0 Å². The first kappa shape index (κ1) is 18.7. The van der Waals surface area contributed by atoms with Crippen molar-refractivity contribution in [3.8, 4) is 0 Å². The Bertz CT molecular complexity index is 984. The fourth-order valence-electron chi connectivity index (χ4n) is 3.23. The van der Waals surface area contributed by atoms with E-state index in [0.29, 0.717) is 34.5 Å². The standard InChI is InChI=1S/C20H22N4O3S/c1-2-13-4-3-5-15(8-13)22-17(25)11-24-20(27)19-16(9-21-24)28-12-18(26)23(19)10-14-6-7-14/h3-5,8-9,14H,2,6-7,10-12H2,1H3,(H,22,25). The minimum atomic E-state index is -0.392. The van der Waals surface area contributed by atoms with E-state index in [1.54, 1.807) is 11.1 Å². The predicted molar refractivity (Wildman–Crippen MR) is 109 cm³/mol. The van der Waals surface area contributed by atoms with Crippen molar-refractivity contribution in [2.45, 2.75) is 37.6 Å². The number of rotatable bonds is 6. The fourth-order valence-corrected chi connectivity index (χ4v) is 4.12. The highest BCUT2D eigenvalue weighted by atomic mass is 32.2. The Kier molecular flexibility index (Phi) is 5.21. The van der Waals surface area contributed by atoms with E-state index in [0.717, 1.165) is 29.5 Å². The van der Waals surface area contributed by atoms with Crippen LogP contribution in [0, 0.1) is 5.92 Å². The van der Waals surface area contributed by atoms with Crippen molar-refractivity contribution in [2.24, 2.45) is 5.92 Å². The molecule has 7 nitrogen and oxygen atoms in total. The number of aryl methyl sites for hydroxylation is 1. The molecule has 1 N–H and O–H groups in total. The second kappa shape index (κ2) is 7.79. The van der Waals surface area contributed by atoms with E-state index in [1.807, 2.05) is 31.2 Å². The Morgan fingerprint density at radius 1 is 1.32 bits per heavy atom. The van der Waals surface area contributed by atoms with Crippen molar-refractivity contribution in [3.05, 3.63) is 46.4 Å². The molecule has 2 amide bonds. The van der Waals surface area contributed by atoms with Crippen LogP contribution < -0.4 is 15.8 Å². The second-order valence-corrected chi connectivity index (χ2v) is 8.18. The topological polar surface area (TPSA) is 84.3 Å². The molecule has 0 bridgehead atoms. The van der Waals surface area contributed by atoms with Gasteiger partial charge in [-0.3, -0.25) is 14.4 Å². The number of carbonyl (C=O) groups excluding carboxylic acids is 2. The third kappa shape index (κ3) is 3.96. The van der Waals surface area contributed by atoms with Gasteiger partial charge >= 0.3 is 0 Å². The summed E-state index contributed by atoms with van der Waals surface area (Å²) in [6.07, 6.45) is 4.63. The molecule has 1 saturated carbocycles. The molecule has 1 aliphatic carbocycles. The first-order chi connectivity index (χ1) is 13.5. The van der Waals surface area contributed by atoms with Crippen molar-refractivity contribution in [3.63, 3.8) is 0 Å². The molecule has 146 valence electrons. The number of nitrogens with one attached hydrogen (secondary N) is 1. The van der Waals surface area contributed by atoms with Crippen LogP contribution in [-0.4, -0.2) is 33.9 Å². The third-order valence-corrected chi connectivity index (χ3v) is 5.96. The van der Waals surface area contributed by atoms with E-state index in [-0.39, 0.29) is 18.4 Å². The van der Waals surface area contributed by atoms with E-state index in [4.69, 9.17) is 0 Å². The maximum atomic E-state index is 13.0. The summed E-state index contributed by atoms with van der Waals surface area (Å²) in [5, 5.41) is 6.96. The third-order valence-electron chi connectivity index (χ3n) is 4.96. The van der Waals surface area contributed by atoms with E-state index < -0.39 is 5.56 Å². The van der Waals surface area contributed by atoms with Gasteiger partial charge in [0.2, 0.25) is 11.8 Å². The molecule has 0 atom stereocenters. The number of hydrogen-bond acceptors (Lipinski definition) is 5. The Morgan fingerprint density at radius 3 is 2.89 bits per heavy atom. The Balaban J connectivity index is 1.55. The number of aromatic nitrogens is 2. The molecular formula is C20H22N4O3S. The highest BCUT2D eigenvalue weighted by Gasteiger charge is 2.34. The van der Waals surface area contributed by atoms with Crippen LogP contribution in [0.15, 0.2) is 40.2 Å². The molecule has 1 aromatic carbocycles. The molecule has 0 unspecified atom stereocenters. The van der Waals surface area contributed by atoms with E-state index in [2.05, 4.69) is 10.4 Å². The van der Waals surface area contributed by atoms with Crippen LogP contribution in [0.5, 0.6) is 0 Å². The van der Waals surface area contributed by atoms with E-state index in [9.17, 15) is 14.4 Å². The van der Waals surface area contributed by atoms with Gasteiger partial charge in [-0.1, -0.05) is 19.1 Å². The van der Waals surface area contributed by atoms with Gasteiger partial charge in [-0.15, -0.1) is 11.8 Å². The SMILES string of the molecule is CCc1cccc(NC(=O)Cn2ncc3c(c2=O)N(CC2CC2)C(=O)CS3)c1. The molecule has 2 heterocycles. The van der Waals surface area contributed by atoms with Gasteiger partial charge in [-0.2, -0.15) is 5.10 Å². The number of benzene rings is 1. The highest BCUT2D eigenvalue weighted by molar-refractivity contribution is 8.00. The summed E-state index contributed by atoms with van der Waals surface area (Å²) in [5.74, 6) is 0.403. The minimum absolute atomic E-state index is 0.0555. The van der Waals surface area contributed by atoms with Gasteiger partial charge in [0.05, 0.1) is 16.8 Å². The van der Waals surface area contributed by atoms with Gasteiger partial charge in [-0.25, -0.2) is 4.68 Å². The summed E-state index contributed by atoms with van der Waals surface area (Å²) in [6, 6.07) is 7.60. The number of hydrogen-bond donors (Lipinski definition) is 1. The zero-order chi connectivity index (χ0) is 19.7. The number of nitrogens with zero attached hydrogens (tertiary/aromatic N) is 3. The summed E-state index contributed by atoms with van der Waals surface area (Å²) < 4.78 is 1.14. The number of fused-ring (bicyclic) bond motifs is 1. The van der Waals surface area contributed by atoms with Gasteiger partial charge in [0.1, 0.15) is 12.2 Å². The van der Waals surface area contributed by atoms with Crippen molar-refractivity contribution in [1.82, 2.24) is 9.78 Å². The maximum Gasteiger partial charge on any atom is 0.292 e. The van der Waals surface area contributed by atoms with Gasteiger partial charge in [0, 0.05) is 12.2 Å². The average molecular weight is 398 g/mol. The molecule has 4 rings (SSSR count). The lowest BCUT2D eigenvalue weighted by Crippen LogP contribution is -2.43. The Morgan fingerprint density at radius 2 is 2.14 bits per heavy atom. The lowest BCUT2D eigenvalue weighted by molar-refractivity contribution is -0.117. The Hall–Kier alpha value is -2.61. The van der Waals surface area contributed by atoms with Gasteiger partial charge in [0.25, 0.3) is 5.56 Å². The van der Waals surface area contributed by atoms with E-state index in [1.165, 1.54) is 11.8 Å². The highest BCUT2D eigenvalue weighted by Crippen LogP contribution is 2.36. The van der Waals surface area contributed by atoms with Crippen LogP contribution in [0.3, 0.4) is 0 Å². The molecule has 2 aliphatic rings. The fraction of sp³-hybridized carbons (Fsp3) is 0.400. The van der Waals surface area contributed by atoms with Crippen molar-refractivity contribution in [2.75, 3.05) is 22.5 Å². The lowest BCUT2D eigenvalue weighted by atomic mass is 10.1. The second-order valence-electron chi connectivity index (χ2n) is 7.16. The largest absolute Gasteiger partial charge is 0.324 e. The molecular weight excluding hydrogens is 376 g/mol. The number of thioether (sulfide) groups is 1. The zero-order valence-electron chi connectivity index (χ0n) is 15.7. The lowest BCUT2D eigenvalue weighted by Gasteiger charge is -2.28. The zero-order valence-corrected chi connectivity index (χ0v) is 16.5. The molecule has 1 aromatic heterocycles. The first-order valence-electron chi connectivity index (χ1n) is 9.47. The summed E-state index contributed by atoms with van der Waals surface area (Å²) in [4.78, 5) is 40.1. The maximum absolute atomic E-state index is 13.0. The van der Waals surface area contributed by atoms with Gasteiger partial charge in [-0.05, 0) is 42.9 Å². The van der Waals surface area contributed by atoms with E-state index >= 15 is 0 Å².